The normalized spacial score (nSPS) is 13.6. The Bertz CT molecular complexity index is 943. The highest BCUT2D eigenvalue weighted by Gasteiger charge is 2.21. The molecular formula is C17H15ClN6O. The number of pyridine rings is 2. The second kappa shape index (κ2) is 6.60. The summed E-state index contributed by atoms with van der Waals surface area (Å²) in [5.74, 6) is 1.04. The number of nitrogens with one attached hydrogen (secondary N) is 2. The SMILES string of the molecule is O=C(NCC1CC1)Nc1ccc2ncc(-c3cccc(Cl)n3)nc2n1. The summed E-state index contributed by atoms with van der Waals surface area (Å²) in [6.07, 6.45) is 3.99. The lowest BCUT2D eigenvalue weighted by molar-refractivity contribution is 0.251. The monoisotopic (exact) mass is 354 g/mol. The summed E-state index contributed by atoms with van der Waals surface area (Å²) in [5.41, 5.74) is 2.25. The number of amides is 2. The molecule has 8 heteroatoms. The molecule has 0 radical (unpaired) electrons. The minimum Gasteiger partial charge on any atom is -0.338 e. The maximum absolute atomic E-state index is 11.9. The molecule has 1 aliphatic carbocycles. The number of aromatic nitrogens is 4. The van der Waals surface area contributed by atoms with Crippen LogP contribution >= 0.6 is 11.6 Å². The van der Waals surface area contributed by atoms with Gasteiger partial charge in [-0.3, -0.25) is 10.3 Å². The van der Waals surface area contributed by atoms with Crippen molar-refractivity contribution in [1.82, 2.24) is 25.3 Å². The van der Waals surface area contributed by atoms with Gasteiger partial charge in [0.05, 0.1) is 11.9 Å². The third kappa shape index (κ3) is 3.83. The van der Waals surface area contributed by atoms with Gasteiger partial charge >= 0.3 is 6.03 Å². The van der Waals surface area contributed by atoms with Crippen LogP contribution in [0.2, 0.25) is 5.15 Å². The fourth-order valence-electron chi connectivity index (χ4n) is 2.36. The van der Waals surface area contributed by atoms with E-state index in [1.54, 1.807) is 36.5 Å². The molecule has 1 saturated carbocycles. The van der Waals surface area contributed by atoms with Gasteiger partial charge in [0, 0.05) is 6.54 Å². The maximum atomic E-state index is 11.9. The lowest BCUT2D eigenvalue weighted by Crippen LogP contribution is -2.30. The van der Waals surface area contributed by atoms with Crippen molar-refractivity contribution in [3.63, 3.8) is 0 Å². The fraction of sp³-hybridized carbons (Fsp3) is 0.235. The van der Waals surface area contributed by atoms with Crippen LogP contribution in [-0.2, 0) is 0 Å². The molecule has 0 saturated heterocycles. The minimum absolute atomic E-state index is 0.264. The number of hydrogen-bond acceptors (Lipinski definition) is 5. The van der Waals surface area contributed by atoms with Crippen molar-refractivity contribution in [1.29, 1.82) is 0 Å². The van der Waals surface area contributed by atoms with Crippen LogP contribution in [0.4, 0.5) is 10.6 Å². The largest absolute Gasteiger partial charge is 0.338 e. The Balaban J connectivity index is 1.56. The minimum atomic E-state index is -0.264. The van der Waals surface area contributed by atoms with Crippen LogP contribution in [0.3, 0.4) is 0 Å². The van der Waals surface area contributed by atoms with E-state index in [1.165, 1.54) is 12.8 Å². The number of anilines is 1. The zero-order chi connectivity index (χ0) is 17.2. The molecule has 126 valence electrons. The van der Waals surface area contributed by atoms with Crippen molar-refractivity contribution in [2.24, 2.45) is 5.92 Å². The fourth-order valence-corrected chi connectivity index (χ4v) is 2.52. The Morgan fingerprint density at radius 1 is 1.12 bits per heavy atom. The van der Waals surface area contributed by atoms with Crippen LogP contribution in [0.15, 0.2) is 36.5 Å². The van der Waals surface area contributed by atoms with Gasteiger partial charge in [0.25, 0.3) is 0 Å². The molecule has 2 N–H and O–H groups in total. The number of carbonyl (C=O) groups is 1. The number of hydrogen-bond donors (Lipinski definition) is 2. The molecule has 0 unspecified atom stereocenters. The van der Waals surface area contributed by atoms with Gasteiger partial charge in [0.1, 0.15) is 22.2 Å². The van der Waals surface area contributed by atoms with Gasteiger partial charge < -0.3 is 5.32 Å². The molecule has 0 aliphatic heterocycles. The van der Waals surface area contributed by atoms with Crippen molar-refractivity contribution < 1.29 is 4.79 Å². The predicted octanol–water partition coefficient (Wildman–Crippen LogP) is 3.27. The Kier molecular flexibility index (Phi) is 4.15. The molecule has 3 heterocycles. The van der Waals surface area contributed by atoms with Gasteiger partial charge in [0.15, 0.2) is 5.65 Å². The maximum Gasteiger partial charge on any atom is 0.320 e. The summed E-state index contributed by atoms with van der Waals surface area (Å²) >= 11 is 5.92. The van der Waals surface area contributed by atoms with Crippen molar-refractivity contribution >= 4 is 34.6 Å². The zero-order valence-electron chi connectivity index (χ0n) is 13.2. The van der Waals surface area contributed by atoms with Gasteiger partial charge in [-0.15, -0.1) is 0 Å². The highest BCUT2D eigenvalue weighted by Crippen LogP contribution is 2.27. The molecule has 0 atom stereocenters. The zero-order valence-corrected chi connectivity index (χ0v) is 14.0. The lowest BCUT2D eigenvalue weighted by atomic mass is 10.3. The number of rotatable bonds is 4. The Hall–Kier alpha value is -2.80. The van der Waals surface area contributed by atoms with E-state index >= 15 is 0 Å². The average molecular weight is 355 g/mol. The van der Waals surface area contributed by atoms with Gasteiger partial charge in [0.2, 0.25) is 0 Å². The van der Waals surface area contributed by atoms with E-state index in [4.69, 9.17) is 11.6 Å². The van der Waals surface area contributed by atoms with Crippen LogP contribution in [0.5, 0.6) is 0 Å². The van der Waals surface area contributed by atoms with E-state index in [0.717, 1.165) is 0 Å². The predicted molar refractivity (Wildman–Crippen MR) is 95.3 cm³/mol. The summed E-state index contributed by atoms with van der Waals surface area (Å²) < 4.78 is 0. The summed E-state index contributed by atoms with van der Waals surface area (Å²) in [4.78, 5) is 29.3. The van der Waals surface area contributed by atoms with Crippen molar-refractivity contribution in [2.75, 3.05) is 11.9 Å². The van der Waals surface area contributed by atoms with Gasteiger partial charge in [-0.2, -0.15) is 0 Å². The van der Waals surface area contributed by atoms with Crippen molar-refractivity contribution in [3.8, 4) is 11.4 Å². The molecule has 1 aliphatic rings. The van der Waals surface area contributed by atoms with Crippen LogP contribution in [0, 0.1) is 5.92 Å². The van der Waals surface area contributed by atoms with Crippen LogP contribution < -0.4 is 10.6 Å². The first-order valence-corrected chi connectivity index (χ1v) is 8.37. The van der Waals surface area contributed by atoms with Crippen molar-refractivity contribution in [3.05, 3.63) is 41.7 Å². The quantitative estimate of drug-likeness (QED) is 0.701. The molecule has 2 amide bonds. The number of halogens is 1. The summed E-state index contributed by atoms with van der Waals surface area (Å²) in [6.45, 7) is 0.698. The molecule has 1 fully saturated rings. The molecule has 7 nitrogen and oxygen atoms in total. The van der Waals surface area contributed by atoms with Gasteiger partial charge in [-0.05, 0) is 43.0 Å². The van der Waals surface area contributed by atoms with Crippen LogP contribution in [-0.4, -0.2) is 32.5 Å². The van der Waals surface area contributed by atoms with E-state index in [1.807, 2.05) is 0 Å². The second-order valence-electron chi connectivity index (χ2n) is 5.92. The molecule has 3 aromatic heterocycles. The number of urea groups is 1. The molecule has 0 aromatic carbocycles. The Labute approximate surface area is 148 Å². The Morgan fingerprint density at radius 3 is 2.80 bits per heavy atom. The molecule has 3 aromatic rings. The van der Waals surface area contributed by atoms with E-state index in [-0.39, 0.29) is 6.03 Å². The summed E-state index contributed by atoms with van der Waals surface area (Å²) in [6, 6.07) is 8.49. The van der Waals surface area contributed by atoms with E-state index in [0.29, 0.717) is 46.0 Å². The first-order valence-electron chi connectivity index (χ1n) is 7.99. The highest BCUT2D eigenvalue weighted by molar-refractivity contribution is 6.29. The Morgan fingerprint density at radius 2 is 2.00 bits per heavy atom. The number of fused-ring (bicyclic) bond motifs is 1. The number of carbonyl (C=O) groups excluding carboxylic acids is 1. The third-order valence-corrected chi connectivity index (χ3v) is 4.08. The molecule has 0 spiro atoms. The van der Waals surface area contributed by atoms with Gasteiger partial charge in [-0.1, -0.05) is 17.7 Å². The summed E-state index contributed by atoms with van der Waals surface area (Å²) in [7, 11) is 0. The number of nitrogens with zero attached hydrogens (tertiary/aromatic N) is 4. The first-order chi connectivity index (χ1) is 12.2. The second-order valence-corrected chi connectivity index (χ2v) is 6.31. The van der Waals surface area contributed by atoms with E-state index < -0.39 is 0 Å². The smallest absolute Gasteiger partial charge is 0.320 e. The van der Waals surface area contributed by atoms with Crippen LogP contribution in [0.25, 0.3) is 22.6 Å². The first kappa shape index (κ1) is 15.7. The lowest BCUT2D eigenvalue weighted by Gasteiger charge is -2.07. The third-order valence-electron chi connectivity index (χ3n) is 3.87. The van der Waals surface area contributed by atoms with Crippen LogP contribution in [0.1, 0.15) is 12.8 Å². The van der Waals surface area contributed by atoms with E-state index in [2.05, 4.69) is 30.6 Å². The average Bonchev–Trinajstić information content (AvgIpc) is 3.44. The topological polar surface area (TPSA) is 92.7 Å². The standard InChI is InChI=1S/C17H15ClN6O/c18-14-3-1-2-11(21-14)13-9-19-12-6-7-15(23-16(12)22-13)24-17(25)20-8-10-4-5-10/h1-3,6-7,9-10H,4-5,8H2,(H2,20,22,23,24,25). The van der Waals surface area contributed by atoms with E-state index in [9.17, 15) is 4.79 Å². The molecule has 0 bridgehead atoms. The molecule has 4 rings (SSSR count). The highest BCUT2D eigenvalue weighted by atomic mass is 35.5. The molecular weight excluding hydrogens is 340 g/mol. The molecule has 25 heavy (non-hydrogen) atoms. The summed E-state index contributed by atoms with van der Waals surface area (Å²) in [5, 5.41) is 5.94. The van der Waals surface area contributed by atoms with Crippen molar-refractivity contribution in [2.45, 2.75) is 12.8 Å². The van der Waals surface area contributed by atoms with Gasteiger partial charge in [-0.25, -0.2) is 19.7 Å².